The van der Waals surface area contributed by atoms with E-state index in [0.29, 0.717) is 0 Å². The highest BCUT2D eigenvalue weighted by molar-refractivity contribution is 6.84. The summed E-state index contributed by atoms with van der Waals surface area (Å²) in [5.41, 5.74) is 16.4. The molecule has 0 N–H and O–H groups in total. The summed E-state index contributed by atoms with van der Waals surface area (Å²) in [6, 6.07) is 69.0. The SMILES string of the molecule is c1cc(-c2cc3c4c(c2)-c2ccccc2OB4c2cc(-c4ccc(-n5c6ccccc6c6ccccc65)cc4)ccc2O3)cc(-c2ccc3oc4ccccc4c3c2)c1. The van der Waals surface area contributed by atoms with Crippen LogP contribution in [0, 0.1) is 0 Å². The second kappa shape index (κ2) is 12.4. The van der Waals surface area contributed by atoms with E-state index >= 15 is 0 Å². The highest BCUT2D eigenvalue weighted by atomic mass is 16.5. The Morgan fingerprint density at radius 2 is 1.02 bits per heavy atom. The molecular formula is C54H32BNO3. The minimum atomic E-state index is -0.313. The number of aromatic nitrogens is 1. The average molecular weight is 754 g/mol. The van der Waals surface area contributed by atoms with Gasteiger partial charge in [-0.2, -0.15) is 0 Å². The monoisotopic (exact) mass is 753 g/mol. The van der Waals surface area contributed by atoms with Gasteiger partial charge in [0.15, 0.2) is 0 Å². The Labute approximate surface area is 340 Å². The van der Waals surface area contributed by atoms with Gasteiger partial charge < -0.3 is 18.4 Å². The van der Waals surface area contributed by atoms with E-state index in [1.807, 2.05) is 18.2 Å². The standard InChI is InChI=1S/C54H32BNO3/c1-5-16-47-40(12-1)41-13-2-6-17-48(41)56(47)39-24-20-33(21-25-39)37-23-27-52-46(31-37)55-54-45(43-15-4-8-19-51(43)59-55)30-38(32-53(54)58-52)35-11-9-10-34(28-35)36-22-26-50-44(29-36)42-14-3-7-18-49(42)57-50/h1-32H. The van der Waals surface area contributed by atoms with Gasteiger partial charge in [-0.05, 0) is 112 Å². The van der Waals surface area contributed by atoms with Crippen LogP contribution in [-0.4, -0.2) is 11.5 Å². The fourth-order valence-electron chi connectivity index (χ4n) is 9.50. The first-order chi connectivity index (χ1) is 29.2. The Bertz CT molecular complexity index is 3470. The Hall–Kier alpha value is -7.76. The summed E-state index contributed by atoms with van der Waals surface area (Å²) in [4.78, 5) is 0. The van der Waals surface area contributed by atoms with Gasteiger partial charge in [-0.25, -0.2) is 0 Å². The molecule has 59 heavy (non-hydrogen) atoms. The van der Waals surface area contributed by atoms with Gasteiger partial charge in [0.2, 0.25) is 0 Å². The maximum absolute atomic E-state index is 6.90. The van der Waals surface area contributed by atoms with E-state index in [2.05, 4.69) is 180 Å². The van der Waals surface area contributed by atoms with Crippen molar-refractivity contribution in [2.24, 2.45) is 0 Å². The minimum absolute atomic E-state index is 0.313. The molecule has 5 heteroatoms. The van der Waals surface area contributed by atoms with Crippen LogP contribution < -0.4 is 20.3 Å². The molecule has 0 atom stereocenters. The van der Waals surface area contributed by atoms with E-state index in [-0.39, 0.29) is 6.92 Å². The number of para-hydroxylation sites is 4. The van der Waals surface area contributed by atoms with Gasteiger partial charge in [-0.15, -0.1) is 0 Å². The van der Waals surface area contributed by atoms with Crippen LogP contribution in [0.4, 0.5) is 0 Å². The van der Waals surface area contributed by atoms with Gasteiger partial charge >= 0.3 is 6.92 Å². The van der Waals surface area contributed by atoms with E-state index in [1.54, 1.807) is 0 Å². The zero-order valence-electron chi connectivity index (χ0n) is 31.7. The lowest BCUT2D eigenvalue weighted by molar-refractivity contribution is 0.479. The highest BCUT2D eigenvalue weighted by Gasteiger charge is 2.41. The van der Waals surface area contributed by atoms with Gasteiger partial charge in [-0.1, -0.05) is 121 Å². The molecule has 9 aromatic carbocycles. The molecule has 0 unspecified atom stereocenters. The maximum Gasteiger partial charge on any atom is 0.434 e. The summed E-state index contributed by atoms with van der Waals surface area (Å²) >= 11 is 0. The van der Waals surface area contributed by atoms with Crippen molar-refractivity contribution in [3.05, 3.63) is 194 Å². The molecule has 4 heterocycles. The molecule has 4 nitrogen and oxygen atoms in total. The molecule has 0 bridgehead atoms. The van der Waals surface area contributed by atoms with Crippen molar-refractivity contribution in [1.82, 2.24) is 4.57 Å². The van der Waals surface area contributed by atoms with Gasteiger partial charge in [0.1, 0.15) is 28.4 Å². The number of benzene rings is 9. The molecule has 2 aliphatic rings. The minimum Gasteiger partial charge on any atom is -0.551 e. The average Bonchev–Trinajstić information content (AvgIpc) is 3.84. The van der Waals surface area contributed by atoms with Crippen molar-refractivity contribution >= 4 is 61.6 Å². The second-order valence-corrected chi connectivity index (χ2v) is 15.6. The zero-order valence-corrected chi connectivity index (χ0v) is 31.7. The summed E-state index contributed by atoms with van der Waals surface area (Å²) in [7, 11) is 0. The van der Waals surface area contributed by atoms with E-state index < -0.39 is 0 Å². The molecule has 0 saturated heterocycles. The predicted molar refractivity (Wildman–Crippen MR) is 242 cm³/mol. The number of hydrogen-bond donors (Lipinski definition) is 0. The van der Waals surface area contributed by atoms with Crippen molar-refractivity contribution in [2.45, 2.75) is 0 Å². The molecule has 0 amide bonds. The van der Waals surface area contributed by atoms with Gasteiger partial charge in [0, 0.05) is 43.7 Å². The lowest BCUT2D eigenvalue weighted by Crippen LogP contribution is -2.53. The van der Waals surface area contributed by atoms with Crippen molar-refractivity contribution in [3.8, 4) is 67.4 Å². The Kier molecular flexibility index (Phi) is 6.78. The molecule has 2 aromatic heterocycles. The molecule has 0 spiro atoms. The molecular weight excluding hydrogens is 721 g/mol. The van der Waals surface area contributed by atoms with Crippen LogP contribution >= 0.6 is 0 Å². The van der Waals surface area contributed by atoms with Crippen LogP contribution in [0.25, 0.3) is 93.9 Å². The fraction of sp³-hybridized carbons (Fsp3) is 0. The molecule has 274 valence electrons. The van der Waals surface area contributed by atoms with Crippen LogP contribution in [0.3, 0.4) is 0 Å². The molecule has 13 rings (SSSR count). The first-order valence-electron chi connectivity index (χ1n) is 20.1. The van der Waals surface area contributed by atoms with Crippen LogP contribution in [0.5, 0.6) is 17.2 Å². The number of furan rings is 1. The maximum atomic E-state index is 6.90. The Balaban J connectivity index is 0.883. The Morgan fingerprint density at radius 1 is 0.373 bits per heavy atom. The van der Waals surface area contributed by atoms with Crippen molar-refractivity contribution < 1.29 is 13.8 Å². The molecule has 0 radical (unpaired) electrons. The third-order valence-corrected chi connectivity index (χ3v) is 12.3. The number of fused-ring (bicyclic) bond motifs is 10. The zero-order chi connectivity index (χ0) is 38.6. The van der Waals surface area contributed by atoms with Gasteiger partial charge in [0.25, 0.3) is 0 Å². The van der Waals surface area contributed by atoms with Gasteiger partial charge in [0.05, 0.1) is 11.0 Å². The lowest BCUT2D eigenvalue weighted by Gasteiger charge is -2.33. The molecule has 0 aliphatic carbocycles. The third kappa shape index (κ3) is 4.92. The summed E-state index contributed by atoms with van der Waals surface area (Å²) in [5, 5.41) is 4.76. The predicted octanol–water partition coefficient (Wildman–Crippen LogP) is 13.0. The first-order valence-corrected chi connectivity index (χ1v) is 20.1. The normalized spacial score (nSPS) is 12.6. The summed E-state index contributed by atoms with van der Waals surface area (Å²) in [6.07, 6.45) is 0. The van der Waals surface area contributed by atoms with Crippen LogP contribution in [-0.2, 0) is 0 Å². The topological polar surface area (TPSA) is 36.5 Å². The van der Waals surface area contributed by atoms with Crippen molar-refractivity contribution in [3.63, 3.8) is 0 Å². The van der Waals surface area contributed by atoms with E-state index in [1.165, 1.54) is 21.8 Å². The smallest absolute Gasteiger partial charge is 0.434 e. The number of hydrogen-bond acceptors (Lipinski definition) is 3. The quantitative estimate of drug-likeness (QED) is 0.168. The van der Waals surface area contributed by atoms with Crippen LogP contribution in [0.2, 0.25) is 0 Å². The summed E-state index contributed by atoms with van der Waals surface area (Å²) in [5.74, 6) is 2.51. The molecule has 0 fully saturated rings. The number of nitrogens with zero attached hydrogens (tertiary/aromatic N) is 1. The number of ether oxygens (including phenoxy) is 1. The number of rotatable bonds is 4. The highest BCUT2D eigenvalue weighted by Crippen LogP contribution is 2.43. The fourth-order valence-corrected chi connectivity index (χ4v) is 9.50. The van der Waals surface area contributed by atoms with Crippen LogP contribution in [0.1, 0.15) is 0 Å². The third-order valence-electron chi connectivity index (χ3n) is 12.3. The molecule has 0 saturated carbocycles. The van der Waals surface area contributed by atoms with E-state index in [9.17, 15) is 0 Å². The van der Waals surface area contributed by atoms with E-state index in [0.717, 1.165) is 100 Å². The largest absolute Gasteiger partial charge is 0.551 e. The second-order valence-electron chi connectivity index (χ2n) is 15.6. The molecule has 2 aliphatic heterocycles. The summed E-state index contributed by atoms with van der Waals surface area (Å²) < 4.78 is 22.2. The molecule has 11 aromatic rings. The van der Waals surface area contributed by atoms with Crippen molar-refractivity contribution in [2.75, 3.05) is 0 Å². The van der Waals surface area contributed by atoms with E-state index in [4.69, 9.17) is 13.8 Å². The summed E-state index contributed by atoms with van der Waals surface area (Å²) in [6.45, 7) is -0.313. The Morgan fingerprint density at radius 3 is 1.85 bits per heavy atom. The van der Waals surface area contributed by atoms with Crippen LogP contribution in [0.15, 0.2) is 199 Å². The van der Waals surface area contributed by atoms with Gasteiger partial charge in [-0.3, -0.25) is 0 Å². The lowest BCUT2D eigenvalue weighted by atomic mass is 9.50. The van der Waals surface area contributed by atoms with Crippen molar-refractivity contribution in [1.29, 1.82) is 0 Å². The first kappa shape index (κ1) is 32.3.